The first-order valence-electron chi connectivity index (χ1n) is 15.4. The molecule has 1 N–H and O–H groups in total. The molecule has 0 saturated heterocycles. The molecule has 0 saturated carbocycles. The van der Waals surface area contributed by atoms with E-state index in [-0.39, 0.29) is 48.6 Å². The normalized spacial score (nSPS) is 15.7. The molecule has 2 unspecified atom stereocenters. The van der Waals surface area contributed by atoms with Crippen LogP contribution in [0.2, 0.25) is 0 Å². The van der Waals surface area contributed by atoms with Gasteiger partial charge in [-0.3, -0.25) is 34.3 Å². The number of esters is 1. The van der Waals surface area contributed by atoms with Gasteiger partial charge in [-0.25, -0.2) is 14.7 Å². The van der Waals surface area contributed by atoms with Gasteiger partial charge in [0.2, 0.25) is 17.7 Å². The molecule has 2 heterocycles. The molecule has 0 fully saturated rings. The number of anilines is 2. The second-order valence-electron chi connectivity index (χ2n) is 11.4. The van der Waals surface area contributed by atoms with E-state index in [1.807, 2.05) is 19.9 Å². The zero-order valence-corrected chi connectivity index (χ0v) is 26.0. The number of hydrogen-bond acceptors (Lipinski definition) is 7. The molecule has 5 amide bonds. The summed E-state index contributed by atoms with van der Waals surface area (Å²) in [6, 6.07) is 19.2. The number of hydrazine groups is 1. The van der Waals surface area contributed by atoms with Crippen molar-refractivity contribution in [2.75, 3.05) is 23.0 Å². The van der Waals surface area contributed by atoms with Crippen molar-refractivity contribution in [3.63, 3.8) is 0 Å². The first-order valence-corrected chi connectivity index (χ1v) is 15.4. The molecule has 0 radical (unpaired) electrons. The van der Waals surface area contributed by atoms with Gasteiger partial charge in [0.25, 0.3) is 11.8 Å². The highest BCUT2D eigenvalue weighted by atomic mass is 16.5. The lowest BCUT2D eigenvalue weighted by atomic mass is 10.0. The second-order valence-corrected chi connectivity index (χ2v) is 11.4. The van der Waals surface area contributed by atoms with Gasteiger partial charge >= 0.3 is 5.97 Å². The van der Waals surface area contributed by atoms with Crippen molar-refractivity contribution in [1.82, 2.24) is 10.4 Å². The van der Waals surface area contributed by atoms with E-state index in [9.17, 15) is 28.8 Å². The predicted molar refractivity (Wildman–Crippen MR) is 170 cm³/mol. The van der Waals surface area contributed by atoms with Crippen LogP contribution in [0.4, 0.5) is 11.4 Å². The summed E-state index contributed by atoms with van der Waals surface area (Å²) in [5, 5.41) is 1.01. The van der Waals surface area contributed by atoms with E-state index in [4.69, 9.17) is 4.74 Å². The van der Waals surface area contributed by atoms with Crippen molar-refractivity contribution in [1.29, 1.82) is 0 Å². The fourth-order valence-electron chi connectivity index (χ4n) is 5.64. The maximum absolute atomic E-state index is 14.1. The highest BCUT2D eigenvalue weighted by molar-refractivity contribution is 6.34. The van der Waals surface area contributed by atoms with Gasteiger partial charge in [-0.05, 0) is 48.2 Å². The molecule has 0 aromatic heterocycles. The summed E-state index contributed by atoms with van der Waals surface area (Å²) in [7, 11) is 0. The van der Waals surface area contributed by atoms with Gasteiger partial charge in [-0.1, -0.05) is 68.8 Å². The number of carbonyl (C=O) groups excluding carboxylic acids is 6. The van der Waals surface area contributed by atoms with Gasteiger partial charge in [-0.2, -0.15) is 0 Å². The third-order valence-corrected chi connectivity index (χ3v) is 8.21. The number of ether oxygens (including phenoxy) is 1. The average molecular weight is 625 g/mol. The number of nitrogens with zero attached hydrogens (tertiary/aromatic N) is 3. The lowest BCUT2D eigenvalue weighted by Gasteiger charge is -2.29. The van der Waals surface area contributed by atoms with Crippen LogP contribution in [-0.2, 0) is 36.8 Å². The second kappa shape index (κ2) is 13.8. The molecule has 3 aromatic rings. The molecule has 0 bridgehead atoms. The Kier molecular flexibility index (Phi) is 9.60. The summed E-state index contributed by atoms with van der Waals surface area (Å²) in [6.07, 6.45) is 0.932. The number of carbonyl (C=O) groups is 6. The van der Waals surface area contributed by atoms with E-state index in [1.54, 1.807) is 67.6 Å². The zero-order valence-electron chi connectivity index (χ0n) is 26.0. The Morgan fingerprint density at radius 1 is 0.935 bits per heavy atom. The van der Waals surface area contributed by atoms with Crippen LogP contribution in [0.5, 0.6) is 0 Å². The Morgan fingerprint density at radius 3 is 2.22 bits per heavy atom. The summed E-state index contributed by atoms with van der Waals surface area (Å²) < 4.78 is 5.29. The number of hydrogen-bond donors (Lipinski definition) is 1. The van der Waals surface area contributed by atoms with Crippen LogP contribution in [0.3, 0.4) is 0 Å². The van der Waals surface area contributed by atoms with E-state index < -0.39 is 48.1 Å². The number of rotatable bonds is 10. The number of nitrogens with one attached hydrogen (secondary N) is 1. The van der Waals surface area contributed by atoms with Gasteiger partial charge in [0.05, 0.1) is 35.5 Å². The minimum absolute atomic E-state index is 0.00173. The molecule has 11 heteroatoms. The fraction of sp³-hybridized carbons (Fsp3) is 0.314. The SMILES string of the molecule is CCOC(=O)C1Cc2ccc(N3C(=O)c4ccccc4C3=O)cc2N1C(=O)CN(NC(=O)Cc1ccccc1)C(=O)CC(C)CC. The van der Waals surface area contributed by atoms with Crippen molar-refractivity contribution in [3.8, 4) is 0 Å². The van der Waals surface area contributed by atoms with E-state index in [0.29, 0.717) is 11.3 Å². The molecule has 46 heavy (non-hydrogen) atoms. The molecule has 2 aliphatic heterocycles. The summed E-state index contributed by atoms with van der Waals surface area (Å²) >= 11 is 0. The Bertz CT molecular complexity index is 1650. The van der Waals surface area contributed by atoms with Crippen molar-refractivity contribution in [2.45, 2.75) is 52.5 Å². The van der Waals surface area contributed by atoms with Crippen molar-refractivity contribution in [3.05, 3.63) is 95.1 Å². The van der Waals surface area contributed by atoms with E-state index in [0.717, 1.165) is 21.9 Å². The molecular weight excluding hydrogens is 588 g/mol. The summed E-state index contributed by atoms with van der Waals surface area (Å²) in [5.74, 6) is -3.21. The first kappa shape index (κ1) is 32.1. The Hall–Kier alpha value is -5.32. The summed E-state index contributed by atoms with van der Waals surface area (Å²) in [5.41, 5.74) is 5.04. The number of fused-ring (bicyclic) bond motifs is 2. The van der Waals surface area contributed by atoms with Crippen LogP contribution in [0.1, 0.15) is 65.5 Å². The Labute approximate surface area is 267 Å². The van der Waals surface area contributed by atoms with Gasteiger partial charge in [0, 0.05) is 12.8 Å². The van der Waals surface area contributed by atoms with Crippen molar-refractivity contribution in [2.24, 2.45) is 5.92 Å². The number of benzene rings is 3. The van der Waals surface area contributed by atoms with Gasteiger partial charge < -0.3 is 4.74 Å². The first-order chi connectivity index (χ1) is 22.1. The molecule has 0 aliphatic carbocycles. The minimum Gasteiger partial charge on any atom is -0.464 e. The smallest absolute Gasteiger partial charge is 0.329 e. The number of amides is 5. The molecule has 5 rings (SSSR count). The largest absolute Gasteiger partial charge is 0.464 e. The standard InChI is InChI=1S/C35H36N4O7/c1-4-22(3)17-31(41)37(36-30(40)18-23-11-7-6-8-12-23)21-32(42)39-28-20-25(16-15-24(28)19-29(39)35(45)46-5-2)38-33(43)26-13-9-10-14-27(26)34(38)44/h6-16,20,22,29H,4-5,17-19,21H2,1-3H3,(H,36,40). The van der Waals surface area contributed by atoms with E-state index >= 15 is 0 Å². The monoisotopic (exact) mass is 624 g/mol. The van der Waals surface area contributed by atoms with Crippen LogP contribution >= 0.6 is 0 Å². The van der Waals surface area contributed by atoms with Crippen LogP contribution in [0.15, 0.2) is 72.8 Å². The highest BCUT2D eigenvalue weighted by Crippen LogP contribution is 2.38. The van der Waals surface area contributed by atoms with Crippen molar-refractivity contribution >= 4 is 46.9 Å². The van der Waals surface area contributed by atoms with Gasteiger partial charge in [-0.15, -0.1) is 0 Å². The Morgan fingerprint density at radius 2 is 1.59 bits per heavy atom. The molecule has 2 aliphatic rings. The Balaban J connectivity index is 1.45. The van der Waals surface area contributed by atoms with E-state index in [1.165, 1.54) is 11.0 Å². The quantitative estimate of drug-likeness (QED) is 0.206. The number of imide groups is 1. The zero-order chi connectivity index (χ0) is 33.0. The lowest BCUT2D eigenvalue weighted by molar-refractivity contribution is -0.147. The fourth-order valence-corrected chi connectivity index (χ4v) is 5.64. The highest BCUT2D eigenvalue weighted by Gasteiger charge is 2.42. The van der Waals surface area contributed by atoms with E-state index in [2.05, 4.69) is 5.43 Å². The maximum atomic E-state index is 14.1. The molecule has 3 aromatic carbocycles. The molecule has 238 valence electrons. The topological polar surface area (TPSA) is 133 Å². The van der Waals surface area contributed by atoms with Gasteiger partial charge in [0.15, 0.2) is 0 Å². The lowest BCUT2D eigenvalue weighted by Crippen LogP contribution is -2.54. The van der Waals surface area contributed by atoms with Crippen LogP contribution in [0.25, 0.3) is 0 Å². The van der Waals surface area contributed by atoms with Crippen molar-refractivity contribution < 1.29 is 33.5 Å². The van der Waals surface area contributed by atoms with Crippen LogP contribution < -0.4 is 15.2 Å². The third kappa shape index (κ3) is 6.53. The third-order valence-electron chi connectivity index (χ3n) is 8.21. The summed E-state index contributed by atoms with van der Waals surface area (Å²) in [6.45, 7) is 5.03. The van der Waals surface area contributed by atoms with Gasteiger partial charge in [0.1, 0.15) is 12.6 Å². The molecule has 2 atom stereocenters. The predicted octanol–water partition coefficient (Wildman–Crippen LogP) is 3.85. The van der Waals surface area contributed by atoms with Crippen LogP contribution in [0, 0.1) is 5.92 Å². The molecular formula is C35H36N4O7. The average Bonchev–Trinajstić information content (AvgIpc) is 3.55. The molecule has 0 spiro atoms. The minimum atomic E-state index is -1.05. The maximum Gasteiger partial charge on any atom is 0.329 e. The van der Waals surface area contributed by atoms with Crippen LogP contribution in [-0.4, -0.2) is 59.7 Å². The summed E-state index contributed by atoms with van der Waals surface area (Å²) in [4.78, 5) is 82.3. The molecule has 11 nitrogen and oxygen atoms in total.